The molecule has 40 heavy (non-hydrogen) atoms. The Balaban J connectivity index is 0.000000425. The van der Waals surface area contributed by atoms with Crippen molar-refractivity contribution in [2.75, 3.05) is 26.2 Å². The molecular weight excluding hydrogens is 521 g/mol. The number of nitriles is 1. The lowest BCUT2D eigenvalue weighted by molar-refractivity contribution is -0.138. The van der Waals surface area contributed by atoms with Gasteiger partial charge in [-0.3, -0.25) is 9.69 Å². The first-order valence-corrected chi connectivity index (χ1v) is 13.8. The highest BCUT2D eigenvalue weighted by Gasteiger charge is 2.47. The molecular formula is C28H43BF2N4O5. The van der Waals surface area contributed by atoms with Crippen LogP contribution in [0.3, 0.4) is 0 Å². The first-order valence-electron chi connectivity index (χ1n) is 13.8. The summed E-state index contributed by atoms with van der Waals surface area (Å²) in [6, 6.07) is 10.8. The minimum atomic E-state index is -1.81. The smallest absolute Gasteiger partial charge is 0.447 e. The van der Waals surface area contributed by atoms with E-state index in [9.17, 15) is 28.4 Å². The van der Waals surface area contributed by atoms with E-state index in [0.29, 0.717) is 6.54 Å². The van der Waals surface area contributed by atoms with Gasteiger partial charge in [0.15, 0.2) is 0 Å². The van der Waals surface area contributed by atoms with Crippen molar-refractivity contribution in [2.24, 2.45) is 5.92 Å². The number of carbonyl (C=O) groups excluding carboxylic acids is 2. The van der Waals surface area contributed by atoms with Crippen LogP contribution in [0.5, 0.6) is 0 Å². The Bertz CT molecular complexity index is 1010. The summed E-state index contributed by atoms with van der Waals surface area (Å²) in [5.74, 6) is -2.47. The van der Waals surface area contributed by atoms with Crippen molar-refractivity contribution in [1.29, 1.82) is 5.26 Å². The Morgan fingerprint density at radius 2 is 1.90 bits per heavy atom. The largest absolute Gasteiger partial charge is 0.475 e. The average molecular weight is 564 g/mol. The number of hydrogen-bond acceptors (Lipinski definition) is 7. The highest BCUT2D eigenvalue weighted by Crippen LogP contribution is 2.32. The number of nitrogens with zero attached hydrogens (tertiary/aromatic N) is 3. The van der Waals surface area contributed by atoms with Crippen LogP contribution < -0.4 is 5.32 Å². The summed E-state index contributed by atoms with van der Waals surface area (Å²) < 4.78 is 32.0. The summed E-state index contributed by atoms with van der Waals surface area (Å²) in [6.07, 6.45) is -0.818. The summed E-state index contributed by atoms with van der Waals surface area (Å²) in [5, 5.41) is 30.4. The van der Waals surface area contributed by atoms with Crippen molar-refractivity contribution in [3.8, 4) is 6.07 Å². The Morgan fingerprint density at radius 1 is 1.25 bits per heavy atom. The number of benzene rings is 1. The number of alkyl halides is 2. The van der Waals surface area contributed by atoms with Gasteiger partial charge in [0.25, 0.3) is 0 Å². The molecule has 3 rings (SSSR count). The Morgan fingerprint density at radius 3 is 2.42 bits per heavy atom. The lowest BCUT2D eigenvalue weighted by Crippen LogP contribution is -2.52. The van der Waals surface area contributed by atoms with Crippen LogP contribution in [0.25, 0.3) is 0 Å². The fourth-order valence-electron chi connectivity index (χ4n) is 4.86. The van der Waals surface area contributed by atoms with Crippen molar-refractivity contribution in [2.45, 2.75) is 89.7 Å². The molecule has 0 aromatic heterocycles. The maximum absolute atomic E-state index is 14.0. The average Bonchev–Trinajstić information content (AvgIpc) is 3.50. The molecule has 0 radical (unpaired) electrons. The van der Waals surface area contributed by atoms with Gasteiger partial charge >= 0.3 is 13.2 Å². The van der Waals surface area contributed by atoms with Crippen LogP contribution in [-0.2, 0) is 16.0 Å². The van der Waals surface area contributed by atoms with E-state index < -0.39 is 48.9 Å². The van der Waals surface area contributed by atoms with Crippen LogP contribution in [0.2, 0.25) is 0 Å². The lowest BCUT2D eigenvalue weighted by atomic mass is 9.76. The van der Waals surface area contributed by atoms with Crippen LogP contribution in [0, 0.1) is 17.2 Å². The first kappa shape index (κ1) is 33.5. The van der Waals surface area contributed by atoms with Gasteiger partial charge < -0.3 is 25.0 Å². The van der Waals surface area contributed by atoms with Gasteiger partial charge in [0, 0.05) is 25.0 Å². The summed E-state index contributed by atoms with van der Waals surface area (Å²) in [6.45, 7) is 10.7. The zero-order chi connectivity index (χ0) is 30.1. The molecule has 2 amide bonds. The molecule has 222 valence electrons. The van der Waals surface area contributed by atoms with E-state index in [4.69, 9.17) is 10.00 Å². The molecule has 5 atom stereocenters. The number of carbonyl (C=O) groups is 2. The monoisotopic (exact) mass is 564 g/mol. The number of hydrogen-bond donors (Lipinski definition) is 3. The number of alkyl carbamates (subject to hydrolysis) is 1. The molecule has 0 saturated carbocycles. The third-order valence-electron chi connectivity index (χ3n) is 7.85. The molecule has 1 aromatic rings. The first-order chi connectivity index (χ1) is 18.7. The van der Waals surface area contributed by atoms with E-state index in [1.54, 1.807) is 31.2 Å². The molecule has 2 fully saturated rings. The van der Waals surface area contributed by atoms with E-state index >= 15 is 0 Å². The van der Waals surface area contributed by atoms with Crippen molar-refractivity contribution in [1.82, 2.24) is 15.1 Å². The van der Waals surface area contributed by atoms with Gasteiger partial charge in [-0.15, -0.1) is 0 Å². The third kappa shape index (κ3) is 9.42. The number of likely N-dealkylation sites (tertiary alicyclic amines) is 2. The van der Waals surface area contributed by atoms with Crippen LogP contribution in [-0.4, -0.2) is 94.6 Å². The number of nitrogens with one attached hydrogen (secondary N) is 1. The van der Waals surface area contributed by atoms with Crippen molar-refractivity contribution >= 4 is 19.1 Å². The van der Waals surface area contributed by atoms with Gasteiger partial charge in [0.1, 0.15) is 24.9 Å². The molecule has 1 unspecified atom stereocenters. The third-order valence-corrected chi connectivity index (χ3v) is 7.85. The highest BCUT2D eigenvalue weighted by atomic mass is 19.1. The van der Waals surface area contributed by atoms with Crippen molar-refractivity contribution in [3.05, 3.63) is 35.9 Å². The van der Waals surface area contributed by atoms with Crippen molar-refractivity contribution in [3.63, 3.8) is 0 Å². The molecule has 2 aliphatic rings. The van der Waals surface area contributed by atoms with Gasteiger partial charge in [-0.25, -0.2) is 13.6 Å². The zero-order valence-corrected chi connectivity index (χ0v) is 24.1. The SMILES string of the molecule is CC(C#N)C(=O)N1C[C@@H](F)C[C@]1(C)COC(=O)N[C@@H](Cc1ccccc1)B(O)O.CCC(C)(C)N1CC[C@H](F)C1. The summed E-state index contributed by atoms with van der Waals surface area (Å²) >= 11 is 0. The molecule has 0 spiro atoms. The Labute approximate surface area is 236 Å². The summed E-state index contributed by atoms with van der Waals surface area (Å²) in [4.78, 5) is 28.0. The van der Waals surface area contributed by atoms with Crippen LogP contribution in [0.1, 0.15) is 59.4 Å². The van der Waals surface area contributed by atoms with E-state index in [2.05, 4.69) is 31.0 Å². The molecule has 1 aromatic carbocycles. The number of rotatable bonds is 9. The van der Waals surface area contributed by atoms with E-state index in [1.165, 1.54) is 11.8 Å². The normalized spacial score (nSPS) is 24.4. The van der Waals surface area contributed by atoms with Crippen LogP contribution in [0.4, 0.5) is 13.6 Å². The standard InChI is InChI=1S/C19H25BFN3O5.C9H18FN/c1-13(10-22)17(25)24-11-15(21)9-19(24,2)12-29-18(26)23-16(20(27)28)8-14-6-4-3-5-7-14;1-4-9(2,3)11-6-5-8(10)7-11/h3-7,13,15-16,27-28H,8-9,11-12H2,1-2H3,(H,23,26);8H,4-7H2,1-3H3/t13?,15-,16-,19+;8-/m00/s1. The molecule has 2 aliphatic heterocycles. The Kier molecular flexibility index (Phi) is 12.3. The van der Waals surface area contributed by atoms with E-state index in [1.807, 2.05) is 12.1 Å². The van der Waals surface area contributed by atoms with Crippen LogP contribution >= 0.6 is 0 Å². The maximum atomic E-state index is 14.0. The quantitative estimate of drug-likeness (QED) is 0.394. The molecule has 12 heteroatoms. The molecule has 2 saturated heterocycles. The number of amides is 2. The van der Waals surface area contributed by atoms with Gasteiger partial charge in [-0.1, -0.05) is 37.3 Å². The topological polar surface area (TPSA) is 126 Å². The van der Waals surface area contributed by atoms with Gasteiger partial charge in [-0.2, -0.15) is 5.26 Å². The van der Waals surface area contributed by atoms with Gasteiger partial charge in [0.2, 0.25) is 5.91 Å². The second-order valence-electron chi connectivity index (χ2n) is 11.5. The fraction of sp³-hybridized carbons (Fsp3) is 0.679. The molecule has 0 bridgehead atoms. The molecule has 3 N–H and O–H groups in total. The second-order valence-corrected chi connectivity index (χ2v) is 11.5. The Hall–Kier alpha value is -2.75. The summed E-state index contributed by atoms with van der Waals surface area (Å²) in [5.41, 5.74) is -0.108. The number of halogens is 2. The molecule has 9 nitrogen and oxygen atoms in total. The minimum absolute atomic E-state index is 0.0275. The predicted molar refractivity (Wildman–Crippen MR) is 148 cm³/mol. The van der Waals surface area contributed by atoms with E-state index in [0.717, 1.165) is 24.9 Å². The van der Waals surface area contributed by atoms with Crippen molar-refractivity contribution < 1.29 is 33.2 Å². The van der Waals surface area contributed by atoms with Gasteiger partial charge in [-0.05, 0) is 52.5 Å². The predicted octanol–water partition coefficient (Wildman–Crippen LogP) is 3.04. The lowest BCUT2D eigenvalue weighted by Gasteiger charge is -2.35. The highest BCUT2D eigenvalue weighted by molar-refractivity contribution is 6.43. The minimum Gasteiger partial charge on any atom is -0.447 e. The molecule has 2 heterocycles. The van der Waals surface area contributed by atoms with Crippen LogP contribution in [0.15, 0.2) is 30.3 Å². The fourth-order valence-corrected chi connectivity index (χ4v) is 4.86. The number of ether oxygens (including phenoxy) is 1. The summed E-state index contributed by atoms with van der Waals surface area (Å²) in [7, 11) is -1.81. The molecule has 0 aliphatic carbocycles. The second kappa shape index (κ2) is 14.8. The van der Waals surface area contributed by atoms with E-state index in [-0.39, 0.29) is 31.5 Å². The van der Waals surface area contributed by atoms with Gasteiger partial charge in [0.05, 0.1) is 24.1 Å². The maximum Gasteiger partial charge on any atom is 0.475 e. The zero-order valence-electron chi connectivity index (χ0n) is 24.1.